The number of rotatable bonds is 5. The Morgan fingerprint density at radius 2 is 1.88 bits per heavy atom. The highest BCUT2D eigenvalue weighted by molar-refractivity contribution is 7.91. The fourth-order valence-corrected chi connectivity index (χ4v) is 2.73. The van der Waals surface area contributed by atoms with Crippen LogP contribution >= 0.6 is 0 Å². The molecular formula is C13H17NO2S. The third-order valence-corrected chi connectivity index (χ3v) is 4.18. The van der Waals surface area contributed by atoms with Gasteiger partial charge in [0.05, 0.1) is 17.2 Å². The second kappa shape index (κ2) is 6.31. The zero-order valence-electron chi connectivity index (χ0n) is 10.2. The zero-order valence-corrected chi connectivity index (χ0v) is 11.0. The van der Waals surface area contributed by atoms with Crippen LogP contribution in [0.25, 0.3) is 0 Å². The van der Waals surface area contributed by atoms with Gasteiger partial charge in [-0.3, -0.25) is 0 Å². The minimum Gasteiger partial charge on any atom is -0.374 e. The standard InChI is InChI=1S/C13H17NO2S/c1-3-5-10-14-12-6-8-13(9-7-12)17(15,16)11-4-2/h6-9,14H,4,10-11H2,1-2H3. The van der Waals surface area contributed by atoms with E-state index in [1.807, 2.05) is 6.92 Å². The van der Waals surface area contributed by atoms with E-state index in [2.05, 4.69) is 17.2 Å². The first kappa shape index (κ1) is 13.6. The minimum atomic E-state index is -3.11. The molecule has 0 aliphatic rings. The van der Waals surface area contributed by atoms with E-state index in [4.69, 9.17) is 0 Å². The number of anilines is 1. The average molecular weight is 251 g/mol. The van der Waals surface area contributed by atoms with Crippen LogP contribution in [-0.4, -0.2) is 20.7 Å². The maximum Gasteiger partial charge on any atom is 0.178 e. The molecule has 0 bridgehead atoms. The highest BCUT2D eigenvalue weighted by Crippen LogP contribution is 2.15. The molecule has 4 heteroatoms. The summed E-state index contributed by atoms with van der Waals surface area (Å²) in [6.07, 6.45) is 0.633. The molecule has 1 aromatic carbocycles. The zero-order chi connectivity index (χ0) is 12.7. The van der Waals surface area contributed by atoms with Gasteiger partial charge in [-0.15, -0.1) is 5.92 Å². The molecule has 1 rings (SSSR count). The molecule has 0 amide bonds. The van der Waals surface area contributed by atoms with Crippen molar-refractivity contribution in [2.24, 2.45) is 0 Å². The normalized spacial score (nSPS) is 10.5. The van der Waals surface area contributed by atoms with Gasteiger partial charge in [0.15, 0.2) is 9.84 Å². The molecule has 1 aromatic rings. The van der Waals surface area contributed by atoms with Gasteiger partial charge >= 0.3 is 0 Å². The summed E-state index contributed by atoms with van der Waals surface area (Å²) in [7, 11) is -3.11. The summed E-state index contributed by atoms with van der Waals surface area (Å²) in [6.45, 7) is 4.20. The first-order valence-corrected chi connectivity index (χ1v) is 7.21. The molecular weight excluding hydrogens is 234 g/mol. The highest BCUT2D eigenvalue weighted by Gasteiger charge is 2.12. The Bertz CT molecular complexity index is 507. The lowest BCUT2D eigenvalue weighted by atomic mass is 10.3. The third-order valence-electron chi connectivity index (χ3n) is 2.24. The summed E-state index contributed by atoms with van der Waals surface area (Å²) in [5, 5.41) is 3.09. The van der Waals surface area contributed by atoms with Gasteiger partial charge in [-0.25, -0.2) is 8.42 Å². The van der Waals surface area contributed by atoms with E-state index in [0.29, 0.717) is 17.9 Å². The van der Waals surface area contributed by atoms with Crippen molar-refractivity contribution in [1.29, 1.82) is 0 Å². The molecule has 0 atom stereocenters. The van der Waals surface area contributed by atoms with E-state index in [1.54, 1.807) is 31.2 Å². The van der Waals surface area contributed by atoms with Gasteiger partial charge in [-0.2, -0.15) is 0 Å². The van der Waals surface area contributed by atoms with Crippen molar-refractivity contribution in [3.63, 3.8) is 0 Å². The smallest absolute Gasteiger partial charge is 0.178 e. The molecule has 1 N–H and O–H groups in total. The summed E-state index contributed by atoms with van der Waals surface area (Å²) in [5.74, 6) is 5.86. The number of hydrogen-bond acceptors (Lipinski definition) is 3. The summed E-state index contributed by atoms with van der Waals surface area (Å²) in [6, 6.07) is 6.79. The number of hydrogen-bond donors (Lipinski definition) is 1. The van der Waals surface area contributed by atoms with Crippen molar-refractivity contribution in [2.75, 3.05) is 17.6 Å². The van der Waals surface area contributed by atoms with Crippen LogP contribution in [0.2, 0.25) is 0 Å². The molecule has 0 aliphatic heterocycles. The lowest BCUT2D eigenvalue weighted by molar-refractivity contribution is 0.595. The maximum atomic E-state index is 11.8. The number of nitrogens with one attached hydrogen (secondary N) is 1. The molecule has 0 aromatic heterocycles. The Labute approximate surface area is 103 Å². The SMILES string of the molecule is CC#CCNc1ccc(S(=O)(=O)CCC)cc1. The second-order valence-electron chi connectivity index (χ2n) is 3.62. The fourth-order valence-electron chi connectivity index (χ4n) is 1.40. The van der Waals surface area contributed by atoms with Crippen LogP contribution < -0.4 is 5.32 Å². The van der Waals surface area contributed by atoms with Crippen molar-refractivity contribution in [2.45, 2.75) is 25.2 Å². The average Bonchev–Trinajstić information content (AvgIpc) is 2.30. The van der Waals surface area contributed by atoms with Gasteiger partial charge in [0.2, 0.25) is 0 Å². The lowest BCUT2D eigenvalue weighted by Gasteiger charge is -2.05. The van der Waals surface area contributed by atoms with Crippen LogP contribution in [0, 0.1) is 11.8 Å². The van der Waals surface area contributed by atoms with Gasteiger partial charge in [-0.1, -0.05) is 12.8 Å². The Balaban J connectivity index is 2.76. The molecule has 0 saturated heterocycles. The van der Waals surface area contributed by atoms with Gasteiger partial charge in [0, 0.05) is 5.69 Å². The predicted molar refractivity (Wildman–Crippen MR) is 70.7 cm³/mol. The largest absolute Gasteiger partial charge is 0.374 e. The molecule has 0 heterocycles. The molecule has 0 saturated carbocycles. The van der Waals surface area contributed by atoms with Crippen LogP contribution in [0.5, 0.6) is 0 Å². The van der Waals surface area contributed by atoms with Crippen LogP contribution in [0.3, 0.4) is 0 Å². The Hall–Kier alpha value is -1.47. The first-order chi connectivity index (χ1) is 8.10. The van der Waals surface area contributed by atoms with Gasteiger partial charge < -0.3 is 5.32 Å². The van der Waals surface area contributed by atoms with E-state index in [0.717, 1.165) is 5.69 Å². The predicted octanol–water partition coefficient (Wildman–Crippen LogP) is 2.31. The minimum absolute atomic E-state index is 0.196. The summed E-state index contributed by atoms with van der Waals surface area (Å²) in [4.78, 5) is 0.381. The van der Waals surface area contributed by atoms with Gasteiger partial charge in [0.1, 0.15) is 0 Å². The molecule has 0 fully saturated rings. The highest BCUT2D eigenvalue weighted by atomic mass is 32.2. The molecule has 0 spiro atoms. The van der Waals surface area contributed by atoms with E-state index in [-0.39, 0.29) is 5.75 Å². The fraction of sp³-hybridized carbons (Fsp3) is 0.385. The van der Waals surface area contributed by atoms with E-state index in [1.165, 1.54) is 0 Å². The van der Waals surface area contributed by atoms with Crippen molar-refractivity contribution < 1.29 is 8.42 Å². The Kier molecular flexibility index (Phi) is 5.05. The maximum absolute atomic E-state index is 11.8. The second-order valence-corrected chi connectivity index (χ2v) is 5.73. The van der Waals surface area contributed by atoms with Crippen LogP contribution in [-0.2, 0) is 9.84 Å². The van der Waals surface area contributed by atoms with E-state index in [9.17, 15) is 8.42 Å². The number of benzene rings is 1. The molecule has 0 radical (unpaired) electrons. The Morgan fingerprint density at radius 3 is 2.41 bits per heavy atom. The van der Waals surface area contributed by atoms with E-state index < -0.39 is 9.84 Å². The summed E-state index contributed by atoms with van der Waals surface area (Å²) < 4.78 is 23.5. The summed E-state index contributed by atoms with van der Waals surface area (Å²) in [5.41, 5.74) is 0.878. The topological polar surface area (TPSA) is 46.2 Å². The van der Waals surface area contributed by atoms with E-state index >= 15 is 0 Å². The van der Waals surface area contributed by atoms with Crippen LogP contribution in [0.4, 0.5) is 5.69 Å². The lowest BCUT2D eigenvalue weighted by Crippen LogP contribution is -2.06. The van der Waals surface area contributed by atoms with Crippen molar-refractivity contribution in [3.05, 3.63) is 24.3 Å². The van der Waals surface area contributed by atoms with Crippen LogP contribution in [0.1, 0.15) is 20.3 Å². The molecule has 17 heavy (non-hydrogen) atoms. The molecule has 0 aliphatic carbocycles. The summed E-state index contributed by atoms with van der Waals surface area (Å²) >= 11 is 0. The number of sulfone groups is 1. The molecule has 3 nitrogen and oxygen atoms in total. The van der Waals surface area contributed by atoms with Crippen molar-refractivity contribution in [3.8, 4) is 11.8 Å². The van der Waals surface area contributed by atoms with Crippen molar-refractivity contribution in [1.82, 2.24) is 0 Å². The molecule has 92 valence electrons. The van der Waals surface area contributed by atoms with Gasteiger partial charge in [-0.05, 0) is 37.6 Å². The van der Waals surface area contributed by atoms with Crippen molar-refractivity contribution >= 4 is 15.5 Å². The van der Waals surface area contributed by atoms with Crippen LogP contribution in [0.15, 0.2) is 29.2 Å². The monoisotopic (exact) mass is 251 g/mol. The third kappa shape index (κ3) is 4.12. The first-order valence-electron chi connectivity index (χ1n) is 5.56. The molecule has 0 unspecified atom stereocenters. The van der Waals surface area contributed by atoms with Gasteiger partial charge in [0.25, 0.3) is 0 Å². The quantitative estimate of drug-likeness (QED) is 0.817. The Morgan fingerprint density at radius 1 is 1.24 bits per heavy atom.